The van der Waals surface area contributed by atoms with Crippen molar-refractivity contribution in [2.75, 3.05) is 33.0 Å². The second-order valence-electron chi connectivity index (χ2n) is 8.09. The Morgan fingerprint density at radius 2 is 1.34 bits per heavy atom. The normalized spacial score (nSPS) is 15.3. The van der Waals surface area contributed by atoms with Crippen LogP contribution < -0.4 is 0 Å². The Hall–Kier alpha value is -0.540. The standard InChI is InChI=1S/C22H45O9P/c1-3-4-5-6-7-8-9-10-11-12-13-14-15-28-18-22(31-20(2)24)19-30-32(26,27)29-17-21(25)16-23/h21-23,25H,3-19H2,1-2H3,(H,26,27)/t21-,22+/m0/s1. The van der Waals surface area contributed by atoms with Crippen LogP contribution in [0.4, 0.5) is 0 Å². The average Bonchev–Trinajstić information content (AvgIpc) is 2.75. The molecule has 3 atom stereocenters. The molecule has 0 radical (unpaired) electrons. The first kappa shape index (κ1) is 31.5. The topological polar surface area (TPSA) is 132 Å². The molecule has 0 saturated heterocycles. The van der Waals surface area contributed by atoms with E-state index in [-0.39, 0.29) is 13.2 Å². The van der Waals surface area contributed by atoms with Gasteiger partial charge in [0.2, 0.25) is 0 Å². The van der Waals surface area contributed by atoms with E-state index in [9.17, 15) is 14.3 Å². The SMILES string of the molecule is CCCCCCCCCCCCCCOC[C@H](COP(=O)(O)OC[C@@H](O)CO)OC(C)=O. The van der Waals surface area contributed by atoms with Crippen LogP contribution in [0.2, 0.25) is 0 Å². The molecule has 3 N–H and O–H groups in total. The lowest BCUT2D eigenvalue weighted by Crippen LogP contribution is -2.28. The second-order valence-corrected chi connectivity index (χ2v) is 9.55. The molecule has 0 bridgehead atoms. The van der Waals surface area contributed by atoms with Gasteiger partial charge in [-0.3, -0.25) is 13.8 Å². The molecule has 32 heavy (non-hydrogen) atoms. The van der Waals surface area contributed by atoms with Crippen LogP contribution in [-0.4, -0.2) is 66.3 Å². The Kier molecular flexibility index (Phi) is 20.7. The summed E-state index contributed by atoms with van der Waals surface area (Å²) in [5.41, 5.74) is 0. The Labute approximate surface area is 193 Å². The van der Waals surface area contributed by atoms with Crippen LogP contribution in [0.15, 0.2) is 0 Å². The Bertz CT molecular complexity index is 490. The molecule has 1 unspecified atom stereocenters. The van der Waals surface area contributed by atoms with Gasteiger partial charge in [0.15, 0.2) is 0 Å². The zero-order valence-electron chi connectivity index (χ0n) is 19.9. The molecule has 0 aliphatic rings. The zero-order chi connectivity index (χ0) is 24.1. The first-order chi connectivity index (χ1) is 15.3. The third kappa shape index (κ3) is 21.3. The smallest absolute Gasteiger partial charge is 0.458 e. The molecule has 0 aromatic heterocycles. The van der Waals surface area contributed by atoms with Crippen LogP contribution in [0.3, 0.4) is 0 Å². The molecular weight excluding hydrogens is 439 g/mol. The van der Waals surface area contributed by atoms with Crippen LogP contribution in [0.5, 0.6) is 0 Å². The molecule has 0 fully saturated rings. The van der Waals surface area contributed by atoms with E-state index in [1.54, 1.807) is 0 Å². The number of carbonyl (C=O) groups is 1. The van der Waals surface area contributed by atoms with Gasteiger partial charge in [0, 0.05) is 13.5 Å². The number of ether oxygens (including phenoxy) is 2. The molecule has 0 rings (SSSR count). The summed E-state index contributed by atoms with van der Waals surface area (Å²) in [4.78, 5) is 20.8. The summed E-state index contributed by atoms with van der Waals surface area (Å²) in [6, 6.07) is 0. The molecular formula is C22H45O9P. The minimum Gasteiger partial charge on any atom is -0.458 e. The molecule has 192 valence electrons. The number of unbranched alkanes of at least 4 members (excludes halogenated alkanes) is 11. The second kappa shape index (κ2) is 21.0. The Morgan fingerprint density at radius 1 is 0.844 bits per heavy atom. The summed E-state index contributed by atoms with van der Waals surface area (Å²) >= 11 is 0. The highest BCUT2D eigenvalue weighted by atomic mass is 31.2. The van der Waals surface area contributed by atoms with E-state index in [0.717, 1.165) is 12.8 Å². The summed E-state index contributed by atoms with van der Waals surface area (Å²) in [7, 11) is -4.45. The molecule has 0 aliphatic heterocycles. The van der Waals surface area contributed by atoms with Crippen LogP contribution >= 0.6 is 7.82 Å². The average molecular weight is 485 g/mol. The molecule has 0 saturated carbocycles. The number of carbonyl (C=O) groups excluding carboxylic acids is 1. The number of hydrogen-bond donors (Lipinski definition) is 3. The summed E-state index contributed by atoms with van der Waals surface area (Å²) in [6.45, 7) is 2.45. The number of hydrogen-bond acceptors (Lipinski definition) is 8. The monoisotopic (exact) mass is 484 g/mol. The van der Waals surface area contributed by atoms with Gasteiger partial charge in [-0.2, -0.15) is 0 Å². The lowest BCUT2D eigenvalue weighted by Gasteiger charge is -2.19. The zero-order valence-corrected chi connectivity index (χ0v) is 20.8. The van der Waals surface area contributed by atoms with Gasteiger partial charge in [0.05, 0.1) is 26.4 Å². The van der Waals surface area contributed by atoms with Crippen molar-refractivity contribution in [3.63, 3.8) is 0 Å². The molecule has 0 spiro atoms. The van der Waals surface area contributed by atoms with Crippen molar-refractivity contribution in [1.82, 2.24) is 0 Å². The fourth-order valence-corrected chi connectivity index (χ4v) is 3.85. The molecule has 0 heterocycles. The first-order valence-electron chi connectivity index (χ1n) is 12.0. The van der Waals surface area contributed by atoms with E-state index in [1.165, 1.54) is 71.1 Å². The molecule has 9 nitrogen and oxygen atoms in total. The Balaban J connectivity index is 3.81. The number of rotatable bonds is 23. The maximum Gasteiger partial charge on any atom is 0.472 e. The van der Waals surface area contributed by atoms with Crippen molar-refractivity contribution >= 4 is 13.8 Å². The molecule has 0 aliphatic carbocycles. The summed E-state index contributed by atoms with van der Waals surface area (Å²) in [6.07, 6.45) is 12.9. The van der Waals surface area contributed by atoms with Crippen molar-refractivity contribution in [1.29, 1.82) is 0 Å². The predicted octanol–water partition coefficient (Wildman–Crippen LogP) is 4.12. The maximum absolute atomic E-state index is 11.8. The lowest BCUT2D eigenvalue weighted by molar-refractivity contribution is -0.151. The number of aliphatic hydroxyl groups excluding tert-OH is 2. The number of phosphoric ester groups is 1. The van der Waals surface area contributed by atoms with E-state index in [4.69, 9.17) is 24.2 Å². The van der Waals surface area contributed by atoms with Gasteiger partial charge in [0.1, 0.15) is 12.2 Å². The third-order valence-corrected chi connectivity index (χ3v) is 5.79. The van der Waals surface area contributed by atoms with Crippen molar-refractivity contribution in [3.05, 3.63) is 0 Å². The summed E-state index contributed by atoms with van der Waals surface area (Å²) < 4.78 is 31.7. The van der Waals surface area contributed by atoms with Gasteiger partial charge >= 0.3 is 13.8 Å². The van der Waals surface area contributed by atoms with Crippen LogP contribution in [0.25, 0.3) is 0 Å². The van der Waals surface area contributed by atoms with Gasteiger partial charge in [0.25, 0.3) is 0 Å². The van der Waals surface area contributed by atoms with E-state index in [1.807, 2.05) is 0 Å². The van der Waals surface area contributed by atoms with E-state index < -0.39 is 39.2 Å². The quantitative estimate of drug-likeness (QED) is 0.111. The minimum absolute atomic E-state index is 0.0386. The van der Waals surface area contributed by atoms with Gasteiger partial charge in [-0.05, 0) is 6.42 Å². The molecule has 0 amide bonds. The van der Waals surface area contributed by atoms with Crippen molar-refractivity contribution in [3.8, 4) is 0 Å². The highest BCUT2D eigenvalue weighted by Gasteiger charge is 2.25. The number of phosphoric acid groups is 1. The highest BCUT2D eigenvalue weighted by molar-refractivity contribution is 7.47. The first-order valence-corrected chi connectivity index (χ1v) is 13.5. The fourth-order valence-electron chi connectivity index (χ4n) is 3.06. The third-order valence-electron chi connectivity index (χ3n) is 4.84. The lowest BCUT2D eigenvalue weighted by atomic mass is 10.1. The maximum atomic E-state index is 11.8. The predicted molar refractivity (Wildman–Crippen MR) is 122 cm³/mol. The van der Waals surface area contributed by atoms with Crippen LogP contribution in [0.1, 0.15) is 90.9 Å². The van der Waals surface area contributed by atoms with E-state index in [2.05, 4.69) is 11.4 Å². The van der Waals surface area contributed by atoms with Gasteiger partial charge < -0.3 is 24.6 Å². The minimum atomic E-state index is -4.45. The van der Waals surface area contributed by atoms with Crippen LogP contribution in [0, 0.1) is 0 Å². The van der Waals surface area contributed by atoms with Crippen molar-refractivity contribution in [2.45, 2.75) is 103 Å². The Morgan fingerprint density at radius 3 is 1.84 bits per heavy atom. The molecule has 0 aromatic carbocycles. The van der Waals surface area contributed by atoms with Crippen molar-refractivity contribution in [2.24, 2.45) is 0 Å². The number of esters is 1. The fraction of sp³-hybridized carbons (Fsp3) is 0.955. The van der Waals surface area contributed by atoms with Crippen molar-refractivity contribution < 1.29 is 43.0 Å². The van der Waals surface area contributed by atoms with E-state index in [0.29, 0.717) is 6.61 Å². The van der Waals surface area contributed by atoms with Crippen LogP contribution in [-0.2, 0) is 27.9 Å². The largest absolute Gasteiger partial charge is 0.472 e. The molecule has 10 heteroatoms. The van der Waals surface area contributed by atoms with E-state index >= 15 is 0 Å². The summed E-state index contributed by atoms with van der Waals surface area (Å²) in [5, 5.41) is 17.8. The highest BCUT2D eigenvalue weighted by Crippen LogP contribution is 2.43. The molecule has 0 aromatic rings. The number of aliphatic hydroxyl groups is 2. The summed E-state index contributed by atoms with van der Waals surface area (Å²) in [5.74, 6) is -0.558. The van der Waals surface area contributed by atoms with Gasteiger partial charge in [-0.25, -0.2) is 4.57 Å². The van der Waals surface area contributed by atoms with Gasteiger partial charge in [-0.1, -0.05) is 77.6 Å². The van der Waals surface area contributed by atoms with Gasteiger partial charge in [-0.15, -0.1) is 0 Å².